The van der Waals surface area contributed by atoms with Gasteiger partial charge in [-0.05, 0) is 61.9 Å². The van der Waals surface area contributed by atoms with Crippen LogP contribution in [0.25, 0.3) is 10.8 Å². The lowest BCUT2D eigenvalue weighted by Gasteiger charge is -2.32. The van der Waals surface area contributed by atoms with Crippen LogP contribution < -0.4 is 25.8 Å². The zero-order valence-electron chi connectivity index (χ0n) is 21.3. The zero-order valence-corrected chi connectivity index (χ0v) is 22.0. The smallest absolute Gasteiger partial charge is 0.326 e. The fourth-order valence-corrected chi connectivity index (χ4v) is 5.50. The van der Waals surface area contributed by atoms with Crippen LogP contribution in [0.15, 0.2) is 64.2 Å². The molecule has 0 spiro atoms. The van der Waals surface area contributed by atoms with E-state index in [9.17, 15) is 19.5 Å². The molecule has 2 N–H and O–H groups in total. The monoisotopic (exact) mass is 533 g/mol. The minimum atomic E-state index is -1.12. The Morgan fingerprint density at radius 3 is 2.39 bits per heavy atom. The van der Waals surface area contributed by atoms with Crippen LogP contribution in [0.5, 0.6) is 11.6 Å². The van der Waals surface area contributed by atoms with Crippen molar-refractivity contribution in [2.75, 3.05) is 10.2 Å². The Balaban J connectivity index is 1.37. The van der Waals surface area contributed by atoms with Crippen LogP contribution >= 0.6 is 11.6 Å². The number of benzene rings is 2. The third kappa shape index (κ3) is 4.60. The molecule has 1 saturated heterocycles. The van der Waals surface area contributed by atoms with E-state index in [1.165, 1.54) is 0 Å². The molecule has 1 aliphatic rings. The Morgan fingerprint density at radius 2 is 1.74 bits per heavy atom. The number of ether oxygens (including phenoxy) is 1. The second-order valence-corrected chi connectivity index (χ2v) is 10.3. The number of carboxylic acid groups (broad SMARTS) is 1. The minimum absolute atomic E-state index is 0.0914. The predicted octanol–water partition coefficient (Wildman–Crippen LogP) is 5.32. The van der Waals surface area contributed by atoms with Gasteiger partial charge in [0.15, 0.2) is 0 Å². The molecule has 4 atom stereocenters. The summed E-state index contributed by atoms with van der Waals surface area (Å²) in [6.45, 7) is 5.78. The Hall–Kier alpha value is -3.91. The fraction of sp³-hybridized carbons (Fsp3) is 0.310. The molecule has 1 fully saturated rings. The molecule has 38 heavy (non-hydrogen) atoms. The predicted molar refractivity (Wildman–Crippen MR) is 149 cm³/mol. The van der Waals surface area contributed by atoms with E-state index in [1.807, 2.05) is 43.0 Å². The highest BCUT2D eigenvalue weighted by molar-refractivity contribution is 6.30. The summed E-state index contributed by atoms with van der Waals surface area (Å²) in [6.07, 6.45) is 1.82. The van der Waals surface area contributed by atoms with Crippen LogP contribution in [0.3, 0.4) is 0 Å². The average molecular weight is 534 g/mol. The third-order valence-electron chi connectivity index (χ3n) is 7.46. The summed E-state index contributed by atoms with van der Waals surface area (Å²) < 4.78 is 6.00. The minimum Gasteiger partial charge on any atom is -0.480 e. The van der Waals surface area contributed by atoms with Gasteiger partial charge in [-0.25, -0.2) is 9.78 Å². The fourth-order valence-electron chi connectivity index (χ4n) is 5.31. The van der Waals surface area contributed by atoms with Gasteiger partial charge in [-0.3, -0.25) is 9.59 Å². The van der Waals surface area contributed by atoms with E-state index < -0.39 is 28.8 Å². The van der Waals surface area contributed by atoms with Crippen LogP contribution in [0.1, 0.15) is 45.1 Å². The molecule has 5 rings (SSSR count). The molecule has 9 heteroatoms. The molecule has 1 aromatic heterocycles. The van der Waals surface area contributed by atoms with Crippen LogP contribution in [0.4, 0.5) is 11.4 Å². The van der Waals surface area contributed by atoms with Gasteiger partial charge in [0.25, 0.3) is 10.9 Å². The first-order valence-corrected chi connectivity index (χ1v) is 13.0. The second-order valence-electron chi connectivity index (χ2n) is 9.96. The summed E-state index contributed by atoms with van der Waals surface area (Å²) >= 11 is 6.16. The molecule has 0 bridgehead atoms. The van der Waals surface area contributed by atoms with Gasteiger partial charge in [-0.15, -0.1) is 0 Å². The average Bonchev–Trinajstić information content (AvgIpc) is 3.22. The highest BCUT2D eigenvalue weighted by Gasteiger charge is 2.37. The van der Waals surface area contributed by atoms with Gasteiger partial charge in [-0.2, -0.15) is 0 Å². The number of hydrogen-bond acceptors (Lipinski definition) is 7. The summed E-state index contributed by atoms with van der Waals surface area (Å²) in [5, 5.41) is 14.9. The second kappa shape index (κ2) is 10.1. The summed E-state index contributed by atoms with van der Waals surface area (Å²) in [4.78, 5) is 43.4. The Labute approximate surface area is 224 Å². The number of carboxylic acids is 1. The molecule has 8 nitrogen and oxygen atoms in total. The van der Waals surface area contributed by atoms with E-state index in [0.29, 0.717) is 22.5 Å². The normalized spacial score (nSPS) is 19.0. The molecule has 2 heterocycles. The van der Waals surface area contributed by atoms with Crippen LogP contribution in [0, 0.1) is 0 Å². The molecule has 4 unspecified atom stereocenters. The number of aromatic nitrogens is 1. The van der Waals surface area contributed by atoms with Gasteiger partial charge >= 0.3 is 5.97 Å². The zero-order chi connectivity index (χ0) is 27.1. The van der Waals surface area contributed by atoms with Gasteiger partial charge in [-0.1, -0.05) is 48.9 Å². The lowest BCUT2D eigenvalue weighted by Crippen LogP contribution is -2.48. The van der Waals surface area contributed by atoms with Gasteiger partial charge in [0.05, 0.1) is 0 Å². The first-order valence-electron chi connectivity index (χ1n) is 12.6. The van der Waals surface area contributed by atoms with Gasteiger partial charge < -0.3 is 20.1 Å². The first-order chi connectivity index (χ1) is 18.2. The molecule has 0 radical (unpaired) electrons. The number of rotatable bonds is 8. The number of pyridine rings is 1. The van der Waals surface area contributed by atoms with Gasteiger partial charge in [0, 0.05) is 23.4 Å². The number of hydrogen-bond donors (Lipinski definition) is 2. The van der Waals surface area contributed by atoms with Crippen molar-refractivity contribution in [1.29, 1.82) is 0 Å². The van der Waals surface area contributed by atoms with Gasteiger partial charge in [0.2, 0.25) is 5.88 Å². The summed E-state index contributed by atoms with van der Waals surface area (Å²) in [7, 11) is 0. The lowest BCUT2D eigenvalue weighted by atomic mass is 9.92. The summed E-state index contributed by atoms with van der Waals surface area (Å²) in [5.41, 5.74) is -0.114. The van der Waals surface area contributed by atoms with Crippen LogP contribution in [-0.4, -0.2) is 34.2 Å². The van der Waals surface area contributed by atoms with Crippen LogP contribution in [0.2, 0.25) is 5.15 Å². The van der Waals surface area contributed by atoms with Crippen molar-refractivity contribution in [1.82, 2.24) is 4.98 Å². The number of halogens is 1. The maximum atomic E-state index is 12.5. The highest BCUT2D eigenvalue weighted by Crippen LogP contribution is 2.35. The molecule has 0 amide bonds. The van der Waals surface area contributed by atoms with Crippen molar-refractivity contribution in [3.8, 4) is 11.6 Å². The Morgan fingerprint density at radius 1 is 1.08 bits per heavy atom. The number of fused-ring (bicyclic) bond motifs is 1. The Bertz CT molecular complexity index is 1570. The number of aliphatic carboxylic acids is 1. The van der Waals surface area contributed by atoms with Crippen molar-refractivity contribution < 1.29 is 14.6 Å². The maximum absolute atomic E-state index is 12.5. The number of anilines is 2. The van der Waals surface area contributed by atoms with E-state index in [1.54, 1.807) is 37.3 Å². The third-order valence-corrected chi connectivity index (χ3v) is 7.65. The molecule has 1 aliphatic heterocycles. The maximum Gasteiger partial charge on any atom is 0.326 e. The van der Waals surface area contributed by atoms with Crippen molar-refractivity contribution >= 4 is 39.7 Å². The molecule has 196 valence electrons. The highest BCUT2D eigenvalue weighted by atomic mass is 35.5. The van der Waals surface area contributed by atoms with Crippen molar-refractivity contribution in [3.63, 3.8) is 0 Å². The number of nitrogens with one attached hydrogen (secondary N) is 1. The van der Waals surface area contributed by atoms with Gasteiger partial charge in [0.1, 0.15) is 28.3 Å². The van der Waals surface area contributed by atoms with Crippen LogP contribution in [-0.2, 0) is 4.79 Å². The quantitative estimate of drug-likeness (QED) is 0.231. The standard InChI is InChI=1S/C29H28ClN3O5/c1-15-8-9-16(2)33(15)25-24(26(34)27(25)35)32-23(29(36)37)17(3)18-10-12-20(13-11-18)38-28-21-7-5-4-6-19(21)14-22(30)31-28/h4-7,10-17,23,32H,8-9H2,1-3H3,(H,36,37). The van der Waals surface area contributed by atoms with E-state index in [2.05, 4.69) is 10.3 Å². The summed E-state index contributed by atoms with van der Waals surface area (Å²) in [6, 6.07) is 15.5. The van der Waals surface area contributed by atoms with Crippen molar-refractivity contribution in [3.05, 3.63) is 85.8 Å². The molecular formula is C29H28ClN3O5. The summed E-state index contributed by atoms with van der Waals surface area (Å²) in [5.74, 6) is -0.745. The van der Waals surface area contributed by atoms with Crippen molar-refractivity contribution in [2.24, 2.45) is 0 Å². The van der Waals surface area contributed by atoms with E-state index >= 15 is 0 Å². The molecular weight excluding hydrogens is 506 g/mol. The Kier molecular flexibility index (Phi) is 6.84. The lowest BCUT2D eigenvalue weighted by molar-refractivity contribution is -0.138. The first kappa shape index (κ1) is 25.7. The number of carbonyl (C=O) groups is 1. The van der Waals surface area contributed by atoms with E-state index in [-0.39, 0.29) is 17.8 Å². The molecule has 4 aromatic rings. The SMILES string of the molecule is CC(c1ccc(Oc2nc(Cl)cc3ccccc23)cc1)C(Nc1c(N2C(C)CCC2C)c(=O)c1=O)C(=O)O. The van der Waals surface area contributed by atoms with E-state index in [4.69, 9.17) is 16.3 Å². The topological polar surface area (TPSA) is 109 Å². The van der Waals surface area contributed by atoms with Crippen molar-refractivity contribution in [2.45, 2.75) is 57.7 Å². The largest absolute Gasteiger partial charge is 0.480 e. The van der Waals surface area contributed by atoms with E-state index in [0.717, 1.165) is 29.2 Å². The number of nitrogens with zero attached hydrogens (tertiary/aromatic N) is 2. The molecule has 0 aliphatic carbocycles. The molecule has 3 aromatic carbocycles. The molecule has 0 saturated carbocycles.